The van der Waals surface area contributed by atoms with Gasteiger partial charge in [-0.1, -0.05) is 54.6 Å². The van der Waals surface area contributed by atoms with Gasteiger partial charge >= 0.3 is 35.9 Å². The SMILES string of the molecule is Cc1ccc(C(=O)NC(CCC(=O)O)C(=O)C[C@@H](CCC(=O)O)C(=O)NCc2ccc(C(=O)NC(Cc3ccc4ccccc4c3)C(=O)NCCCCC(NC(=O)N[C@@H](CCC(=O)O)C(=O)O)C(=O)O)cc2)cn1. The number of carboxylic acid groups (broad SMARTS) is 5. The normalized spacial score (nSPS) is 12.9. The Balaban J connectivity index is 1.38. The van der Waals surface area contributed by atoms with Gasteiger partial charge in [0.2, 0.25) is 11.8 Å². The number of aryl methyl sites for hydroxylation is 1. The highest BCUT2D eigenvalue weighted by atomic mass is 16.4. The van der Waals surface area contributed by atoms with Gasteiger partial charge in [-0.15, -0.1) is 0 Å². The van der Waals surface area contributed by atoms with Gasteiger partial charge in [-0.2, -0.15) is 0 Å². The van der Waals surface area contributed by atoms with Crippen LogP contribution in [0.4, 0.5) is 4.79 Å². The van der Waals surface area contributed by atoms with E-state index >= 15 is 0 Å². The second-order valence-corrected chi connectivity index (χ2v) is 17.4. The Morgan fingerprint density at radius 3 is 1.69 bits per heavy atom. The molecule has 0 bridgehead atoms. The van der Waals surface area contributed by atoms with Crippen LogP contribution in [0.2, 0.25) is 0 Å². The van der Waals surface area contributed by atoms with Gasteiger partial charge < -0.3 is 57.4 Å². The number of unbranched alkanes of at least 4 members (excludes halogenated alkanes) is 1. The summed E-state index contributed by atoms with van der Waals surface area (Å²) in [7, 11) is 0. The maximum Gasteiger partial charge on any atom is 0.326 e. The number of benzene rings is 3. The number of carbonyl (C=O) groups is 11. The topological polar surface area (TPSA) is 374 Å². The zero-order valence-corrected chi connectivity index (χ0v) is 40.3. The van der Waals surface area contributed by atoms with Crippen molar-refractivity contribution in [2.24, 2.45) is 5.92 Å². The number of amides is 6. The summed E-state index contributed by atoms with van der Waals surface area (Å²) < 4.78 is 0. The third kappa shape index (κ3) is 19.8. The van der Waals surface area contributed by atoms with Gasteiger partial charge in [-0.05, 0) is 91.6 Å². The number of fused-ring (bicyclic) bond motifs is 1. The number of nitrogens with one attached hydrogen (secondary N) is 6. The van der Waals surface area contributed by atoms with E-state index in [1.165, 1.54) is 36.5 Å². The molecule has 0 fully saturated rings. The summed E-state index contributed by atoms with van der Waals surface area (Å²) >= 11 is 0. The van der Waals surface area contributed by atoms with E-state index in [0.29, 0.717) is 11.3 Å². The molecule has 74 heavy (non-hydrogen) atoms. The lowest BCUT2D eigenvalue weighted by molar-refractivity contribution is -0.141. The predicted octanol–water partition coefficient (Wildman–Crippen LogP) is 2.96. The summed E-state index contributed by atoms with van der Waals surface area (Å²) in [5.41, 5.74) is 2.12. The Morgan fingerprint density at radius 1 is 0.527 bits per heavy atom. The minimum atomic E-state index is -1.57. The smallest absolute Gasteiger partial charge is 0.326 e. The lowest BCUT2D eigenvalue weighted by atomic mass is 9.91. The number of nitrogens with zero attached hydrogens (tertiary/aromatic N) is 1. The first-order chi connectivity index (χ1) is 35.2. The molecule has 6 amide bonds. The molecule has 1 aromatic heterocycles. The highest BCUT2D eigenvalue weighted by molar-refractivity contribution is 5.99. The largest absolute Gasteiger partial charge is 0.481 e. The number of urea groups is 1. The fourth-order valence-electron chi connectivity index (χ4n) is 7.54. The molecule has 0 aliphatic heterocycles. The summed E-state index contributed by atoms with van der Waals surface area (Å²) in [6, 6.07) is 15.6. The van der Waals surface area contributed by atoms with Crippen molar-refractivity contribution in [3.8, 4) is 0 Å². The molecule has 23 nitrogen and oxygen atoms in total. The summed E-state index contributed by atoms with van der Waals surface area (Å²) in [5.74, 6) is -11.1. The number of hydrogen-bond donors (Lipinski definition) is 11. The molecular formula is C51H59N7O16. The van der Waals surface area contributed by atoms with E-state index in [1.54, 1.807) is 13.0 Å². The number of carboxylic acids is 5. The lowest BCUT2D eigenvalue weighted by Crippen LogP contribution is -2.51. The van der Waals surface area contributed by atoms with Crippen LogP contribution in [0.3, 0.4) is 0 Å². The van der Waals surface area contributed by atoms with Gasteiger partial charge in [0.25, 0.3) is 11.8 Å². The number of Topliss-reactive ketones (excluding diaryl/α,β-unsaturated/α-hetero) is 1. The third-order valence-electron chi connectivity index (χ3n) is 11.7. The summed E-state index contributed by atoms with van der Waals surface area (Å²) in [6.45, 7) is 1.64. The monoisotopic (exact) mass is 1030 g/mol. The second kappa shape index (κ2) is 28.9. The van der Waals surface area contributed by atoms with Crippen molar-refractivity contribution in [1.82, 2.24) is 36.9 Å². The highest BCUT2D eigenvalue weighted by Gasteiger charge is 2.30. The number of aliphatic carboxylic acids is 5. The number of hydrogen-bond acceptors (Lipinski definition) is 12. The van der Waals surface area contributed by atoms with Gasteiger partial charge in [-0.25, -0.2) is 14.4 Å². The average Bonchev–Trinajstić information content (AvgIpc) is 3.35. The highest BCUT2D eigenvalue weighted by Crippen LogP contribution is 2.19. The van der Waals surface area contributed by atoms with Gasteiger partial charge in [0.05, 0.1) is 11.6 Å². The number of rotatable bonds is 31. The van der Waals surface area contributed by atoms with Crippen LogP contribution in [-0.4, -0.2) is 127 Å². The standard InChI is InChI=1S/C51H59N7O16/c1-29-9-13-36(28-53-29)47(68)55-37(18-21-43(62)63)41(59)26-35(17-20-42(60)61)45(66)54-27-30-10-15-33(16-11-30)46(67)56-40(25-31-12-14-32-6-2-3-7-34(32)24-31)48(69)52-23-5-4-8-38(49(70)71)57-51(74)58-39(50(72)73)19-22-44(64)65/h2-3,6-7,9-16,24,28,35,37-40H,4-5,8,17-23,25-27H2,1H3,(H,52,69)(H,54,66)(H,55,68)(H,56,67)(H,60,61)(H,62,63)(H,64,65)(H,70,71)(H,72,73)(H2,57,58,74)/t35-,37?,38?,39+,40?/m1/s1. The summed E-state index contributed by atoms with van der Waals surface area (Å²) in [6.07, 6.45) is -1.32. The van der Waals surface area contributed by atoms with Crippen LogP contribution < -0.4 is 31.9 Å². The van der Waals surface area contributed by atoms with E-state index in [4.69, 9.17) is 5.11 Å². The van der Waals surface area contributed by atoms with Gasteiger partial charge in [0, 0.05) is 68.6 Å². The third-order valence-corrected chi connectivity index (χ3v) is 11.7. The van der Waals surface area contributed by atoms with Crippen LogP contribution in [0.25, 0.3) is 10.8 Å². The molecule has 4 aromatic rings. The summed E-state index contributed by atoms with van der Waals surface area (Å²) in [4.78, 5) is 141. The van der Waals surface area contributed by atoms with E-state index in [2.05, 4.69) is 36.9 Å². The molecule has 5 atom stereocenters. The molecule has 0 saturated heterocycles. The van der Waals surface area contributed by atoms with Crippen LogP contribution in [0.5, 0.6) is 0 Å². The van der Waals surface area contributed by atoms with Crippen molar-refractivity contribution in [3.63, 3.8) is 0 Å². The first-order valence-electron chi connectivity index (χ1n) is 23.6. The lowest BCUT2D eigenvalue weighted by Gasteiger charge is -2.21. The average molecular weight is 1030 g/mol. The van der Waals surface area contributed by atoms with Crippen LogP contribution in [-0.2, 0) is 51.3 Å². The molecular weight excluding hydrogens is 967 g/mol. The minimum absolute atomic E-state index is 0.0390. The molecule has 0 aliphatic carbocycles. The van der Waals surface area contributed by atoms with E-state index in [0.717, 1.165) is 16.3 Å². The van der Waals surface area contributed by atoms with Gasteiger partial charge in [0.15, 0.2) is 5.78 Å². The molecule has 4 rings (SSSR count). The Labute approximate surface area is 423 Å². The van der Waals surface area contributed by atoms with Crippen molar-refractivity contribution in [2.45, 2.75) is 108 Å². The Kier molecular flexibility index (Phi) is 22.6. The van der Waals surface area contributed by atoms with Crippen LogP contribution in [0, 0.1) is 12.8 Å². The van der Waals surface area contributed by atoms with E-state index < -0.39 is 127 Å². The van der Waals surface area contributed by atoms with Crippen molar-refractivity contribution in [1.29, 1.82) is 0 Å². The van der Waals surface area contributed by atoms with E-state index in [-0.39, 0.29) is 62.7 Å². The molecule has 0 aliphatic rings. The van der Waals surface area contributed by atoms with E-state index in [9.17, 15) is 73.2 Å². The summed E-state index contributed by atoms with van der Waals surface area (Å²) in [5, 5.41) is 63.3. The molecule has 1 heterocycles. The maximum absolute atomic E-state index is 13.7. The molecule has 394 valence electrons. The second-order valence-electron chi connectivity index (χ2n) is 17.4. The van der Waals surface area contributed by atoms with Gasteiger partial charge in [0.1, 0.15) is 18.1 Å². The van der Waals surface area contributed by atoms with Gasteiger partial charge in [-0.3, -0.25) is 43.3 Å². The van der Waals surface area contributed by atoms with E-state index in [1.807, 2.05) is 42.5 Å². The molecule has 0 spiro atoms. The fourth-order valence-corrected chi connectivity index (χ4v) is 7.54. The van der Waals surface area contributed by atoms with Crippen molar-refractivity contribution in [2.75, 3.05) is 6.54 Å². The molecule has 0 saturated carbocycles. The quantitative estimate of drug-likeness (QED) is 0.0323. The molecule has 11 N–H and O–H groups in total. The minimum Gasteiger partial charge on any atom is -0.481 e. The molecule has 23 heteroatoms. The first-order valence-corrected chi connectivity index (χ1v) is 23.6. The number of aromatic nitrogens is 1. The van der Waals surface area contributed by atoms with Crippen LogP contribution >= 0.6 is 0 Å². The Morgan fingerprint density at radius 2 is 1.08 bits per heavy atom. The Bertz CT molecular complexity index is 2680. The molecule has 0 radical (unpaired) electrons. The zero-order valence-electron chi connectivity index (χ0n) is 40.3. The zero-order chi connectivity index (χ0) is 54.3. The van der Waals surface area contributed by atoms with Crippen molar-refractivity contribution >= 4 is 76.1 Å². The van der Waals surface area contributed by atoms with Crippen LogP contribution in [0.15, 0.2) is 85.1 Å². The molecule has 3 unspecified atom stereocenters. The molecule has 3 aromatic carbocycles. The number of carbonyl (C=O) groups excluding carboxylic acids is 6. The van der Waals surface area contributed by atoms with Crippen molar-refractivity contribution < 1.29 is 78.3 Å². The number of pyridine rings is 1. The fraction of sp³-hybridized carbons (Fsp3) is 0.373. The predicted molar refractivity (Wildman–Crippen MR) is 263 cm³/mol. The first kappa shape index (κ1) is 57.8. The van der Waals surface area contributed by atoms with Crippen LogP contribution in [0.1, 0.15) is 102 Å². The van der Waals surface area contributed by atoms with Crippen molar-refractivity contribution in [3.05, 3.63) is 113 Å². The Hall–Kier alpha value is -8.76. The number of ketones is 1. The maximum atomic E-state index is 13.7.